The first kappa shape index (κ1) is 68.1. The fourth-order valence-corrected chi connectivity index (χ4v) is 8.81. The van der Waals surface area contributed by atoms with Crippen molar-refractivity contribution in [3.8, 4) is 0 Å². The number of ether oxygens (including phenoxy) is 6. The first-order valence-corrected chi connectivity index (χ1v) is 30.6. The highest BCUT2D eigenvalue weighted by atomic mass is 79.9. The first-order chi connectivity index (χ1) is 40.7. The number of unbranched alkanes of at least 4 members (excludes halogenated alkanes) is 14. The Bertz CT molecular complexity index is 2530. The van der Waals surface area contributed by atoms with Crippen LogP contribution in [0.3, 0.4) is 0 Å². The topological polar surface area (TPSA) is 158 Å². The minimum Gasteiger partial charge on any atom is -0.461 e. The van der Waals surface area contributed by atoms with Crippen LogP contribution in [0.15, 0.2) is 182 Å². The van der Waals surface area contributed by atoms with Crippen LogP contribution in [0.4, 0.5) is 0 Å². The Hall–Kier alpha value is -7.38. The van der Waals surface area contributed by atoms with Crippen LogP contribution in [0.5, 0.6) is 0 Å². The van der Waals surface area contributed by atoms with E-state index in [1.165, 1.54) is 38.5 Å². The van der Waals surface area contributed by atoms with Crippen LogP contribution < -0.4 is 0 Å². The van der Waals surface area contributed by atoms with Gasteiger partial charge in [-0.25, -0.2) is 0 Å². The maximum Gasteiger partial charge on any atom is 0.320 e. The zero-order chi connectivity index (χ0) is 59.1. The summed E-state index contributed by atoms with van der Waals surface area (Å²) < 4.78 is 31.6. The van der Waals surface area contributed by atoms with Gasteiger partial charge in [0.1, 0.15) is 46.1 Å². The number of carbonyl (C=O) groups excluding carboxylic acids is 6. The molecule has 0 spiro atoms. The molecule has 0 aliphatic rings. The molecule has 444 valence electrons. The molecule has 6 aromatic rings. The van der Waals surface area contributed by atoms with Gasteiger partial charge in [0.25, 0.3) is 0 Å². The highest BCUT2D eigenvalue weighted by Gasteiger charge is 2.29. The molecular formula is C70H85BrO12. The molecule has 0 saturated heterocycles. The molecule has 12 nitrogen and oxygen atoms in total. The lowest BCUT2D eigenvalue weighted by Gasteiger charge is -2.16. The van der Waals surface area contributed by atoms with E-state index < -0.39 is 29.8 Å². The van der Waals surface area contributed by atoms with Gasteiger partial charge in [-0.15, -0.1) is 0 Å². The lowest BCUT2D eigenvalue weighted by atomic mass is 10.00. The van der Waals surface area contributed by atoms with Crippen molar-refractivity contribution in [3.63, 3.8) is 0 Å². The summed E-state index contributed by atoms with van der Waals surface area (Å²) in [4.78, 5) is 72.2. The van der Waals surface area contributed by atoms with Gasteiger partial charge in [-0.1, -0.05) is 281 Å². The van der Waals surface area contributed by atoms with E-state index in [0.29, 0.717) is 32.5 Å². The number of benzene rings is 6. The number of hydrogen-bond donors (Lipinski definition) is 0. The minimum absolute atomic E-state index is 0.0730. The van der Waals surface area contributed by atoms with Crippen molar-refractivity contribution in [2.75, 3.05) is 5.33 Å². The molecule has 0 amide bonds. The molecule has 0 atom stereocenters. The third-order valence-corrected chi connectivity index (χ3v) is 13.7. The van der Waals surface area contributed by atoms with Gasteiger partial charge in [0.05, 0.1) is 0 Å². The van der Waals surface area contributed by atoms with Crippen LogP contribution >= 0.6 is 15.9 Å². The number of hydrogen-bond acceptors (Lipinski definition) is 12. The SMILES string of the molecule is O=C(CC(=O)OCc1ccccc1)OCc1ccccc1.O=C(CCCCCCCCCCBr)OCc1ccccc1.O=C(CCCCCCCCCCC(C(=O)OCc1ccccc1)C(=O)OCc1ccccc1)OCc1ccccc1. The fraction of sp³-hybridized carbons (Fsp3) is 0.400. The molecule has 6 aromatic carbocycles. The number of rotatable bonds is 37. The van der Waals surface area contributed by atoms with E-state index in [-0.39, 0.29) is 44.8 Å². The van der Waals surface area contributed by atoms with Gasteiger partial charge >= 0.3 is 35.8 Å². The van der Waals surface area contributed by atoms with Gasteiger partial charge in [-0.3, -0.25) is 28.8 Å². The highest BCUT2D eigenvalue weighted by Crippen LogP contribution is 2.19. The second-order valence-electron chi connectivity index (χ2n) is 20.1. The van der Waals surface area contributed by atoms with Crippen molar-refractivity contribution < 1.29 is 57.2 Å². The van der Waals surface area contributed by atoms with Gasteiger partial charge in [0, 0.05) is 18.2 Å². The molecule has 83 heavy (non-hydrogen) atoms. The largest absolute Gasteiger partial charge is 0.461 e. The number of alkyl halides is 1. The number of carbonyl (C=O) groups is 6. The lowest BCUT2D eigenvalue weighted by Crippen LogP contribution is -2.28. The molecule has 0 heterocycles. The van der Waals surface area contributed by atoms with Gasteiger partial charge < -0.3 is 28.4 Å². The second-order valence-corrected chi connectivity index (χ2v) is 20.9. The van der Waals surface area contributed by atoms with Crippen molar-refractivity contribution in [1.29, 1.82) is 0 Å². The van der Waals surface area contributed by atoms with E-state index in [0.717, 1.165) is 103 Å². The van der Waals surface area contributed by atoms with E-state index in [4.69, 9.17) is 28.4 Å². The van der Waals surface area contributed by atoms with Crippen LogP contribution in [-0.4, -0.2) is 41.1 Å². The molecule has 0 fully saturated rings. The first-order valence-electron chi connectivity index (χ1n) is 29.4. The summed E-state index contributed by atoms with van der Waals surface area (Å²) in [6.45, 7) is 1.31. The summed E-state index contributed by atoms with van der Waals surface area (Å²) in [5, 5.41) is 1.12. The summed E-state index contributed by atoms with van der Waals surface area (Å²) in [7, 11) is 0. The average molecular weight is 1200 g/mol. The Labute approximate surface area is 501 Å². The predicted molar refractivity (Wildman–Crippen MR) is 327 cm³/mol. The molecule has 0 bridgehead atoms. The van der Waals surface area contributed by atoms with Crippen molar-refractivity contribution in [1.82, 2.24) is 0 Å². The maximum absolute atomic E-state index is 12.8. The summed E-state index contributed by atoms with van der Waals surface area (Å²) in [5.41, 5.74) is 5.56. The van der Waals surface area contributed by atoms with E-state index >= 15 is 0 Å². The van der Waals surface area contributed by atoms with E-state index in [1.807, 2.05) is 182 Å². The van der Waals surface area contributed by atoms with Crippen LogP contribution in [0, 0.1) is 5.92 Å². The number of halogens is 1. The second kappa shape index (κ2) is 45.2. The molecule has 0 radical (unpaired) electrons. The Kier molecular flexibility index (Phi) is 37.1. The zero-order valence-corrected chi connectivity index (χ0v) is 49.9. The summed E-state index contributed by atoms with van der Waals surface area (Å²) >= 11 is 3.45. The van der Waals surface area contributed by atoms with E-state index in [9.17, 15) is 28.8 Å². The third kappa shape index (κ3) is 34.6. The van der Waals surface area contributed by atoms with Crippen molar-refractivity contribution >= 4 is 51.7 Å². The van der Waals surface area contributed by atoms with Crippen LogP contribution in [0.25, 0.3) is 0 Å². The molecule has 0 N–H and O–H groups in total. The standard InChI is InChI=1S/C35H42O6.C18H27BrO2.C17H16O4/c36-33(39-26-29-18-10-7-11-19-29)25-17-6-4-2-1-3-5-16-24-32(34(37)40-27-30-20-12-8-13-21-30)35(38)41-28-31-22-14-9-15-23-31;19-15-11-6-4-2-1-3-5-10-14-18(20)21-16-17-12-8-7-9-13-17;18-16(20-12-14-7-3-1-4-8-14)11-17(19)21-13-15-9-5-2-6-10-15/h7-15,18-23,32H,1-6,16-17,24-28H2;7-9,12-13H,1-6,10-11,14-16H2;1-10H,11-13H2. The Morgan fingerprint density at radius 1 is 0.277 bits per heavy atom. The fourth-order valence-electron chi connectivity index (χ4n) is 8.41. The van der Waals surface area contributed by atoms with Crippen molar-refractivity contribution in [2.45, 2.75) is 168 Å². The van der Waals surface area contributed by atoms with Crippen LogP contribution in [0.2, 0.25) is 0 Å². The monoisotopic (exact) mass is 1200 g/mol. The predicted octanol–water partition coefficient (Wildman–Crippen LogP) is 16.2. The summed E-state index contributed by atoms with van der Waals surface area (Å²) in [6.07, 6.45) is 18.7. The van der Waals surface area contributed by atoms with Gasteiger partial charge in [-0.2, -0.15) is 0 Å². The van der Waals surface area contributed by atoms with Gasteiger partial charge in [0.15, 0.2) is 5.92 Å². The van der Waals surface area contributed by atoms with Crippen molar-refractivity contribution in [3.05, 3.63) is 215 Å². The minimum atomic E-state index is -0.927. The Balaban J connectivity index is 0.000000295. The lowest BCUT2D eigenvalue weighted by molar-refractivity contribution is -0.164. The van der Waals surface area contributed by atoms with Gasteiger partial charge in [0.2, 0.25) is 0 Å². The molecule has 6 rings (SSSR count). The third-order valence-electron chi connectivity index (χ3n) is 13.2. The van der Waals surface area contributed by atoms with Crippen LogP contribution in [-0.2, 0) is 96.8 Å². The smallest absolute Gasteiger partial charge is 0.320 e. The van der Waals surface area contributed by atoms with E-state index in [1.54, 1.807) is 0 Å². The molecule has 0 aliphatic carbocycles. The molecule has 0 saturated carbocycles. The van der Waals surface area contributed by atoms with Crippen LogP contribution in [0.1, 0.15) is 162 Å². The van der Waals surface area contributed by atoms with Gasteiger partial charge in [-0.05, 0) is 59.1 Å². The van der Waals surface area contributed by atoms with Crippen molar-refractivity contribution in [2.24, 2.45) is 5.92 Å². The Morgan fingerprint density at radius 3 is 0.783 bits per heavy atom. The number of esters is 6. The maximum atomic E-state index is 12.8. The van der Waals surface area contributed by atoms with E-state index in [2.05, 4.69) is 15.9 Å². The zero-order valence-electron chi connectivity index (χ0n) is 48.3. The molecular weight excluding hydrogens is 1110 g/mol. The molecule has 13 heteroatoms. The molecule has 0 unspecified atom stereocenters. The summed E-state index contributed by atoms with van der Waals surface area (Å²) in [5.74, 6) is -3.38. The summed E-state index contributed by atoms with van der Waals surface area (Å²) in [6, 6.07) is 57.0. The molecule has 0 aromatic heterocycles. The highest BCUT2D eigenvalue weighted by molar-refractivity contribution is 9.09. The average Bonchev–Trinajstić information content (AvgIpc) is 3.54. The normalized spacial score (nSPS) is 10.5. The Morgan fingerprint density at radius 2 is 0.506 bits per heavy atom. The molecule has 0 aliphatic heterocycles. The quantitative estimate of drug-likeness (QED) is 0.0120.